The molecule has 2 rings (SSSR count). The highest BCUT2D eigenvalue weighted by atomic mass is 16.7. The SMILES string of the molecule is CC(C)[C@H](NC(=O)OC(C)(C)C)C(=O)NC[C@H](CCCB1OC(C)(C)C(C)(C)O1)[C@H](NC(=O)OCc1ccccc1)C(=O)OC(C)(C)C. The molecule has 1 aliphatic rings. The van der Waals surface area contributed by atoms with Crippen LogP contribution < -0.4 is 16.0 Å². The maximum atomic E-state index is 13.6. The van der Waals surface area contributed by atoms with Gasteiger partial charge in [0.05, 0.1) is 11.2 Å². The molecule has 1 heterocycles. The molecule has 0 aromatic heterocycles. The number of rotatable bonds is 14. The van der Waals surface area contributed by atoms with E-state index in [1.165, 1.54) is 0 Å². The minimum Gasteiger partial charge on any atom is -0.458 e. The highest BCUT2D eigenvalue weighted by Crippen LogP contribution is 2.38. The summed E-state index contributed by atoms with van der Waals surface area (Å²) in [4.78, 5) is 52.7. The van der Waals surface area contributed by atoms with Crippen LogP contribution in [0.3, 0.4) is 0 Å². The van der Waals surface area contributed by atoms with Gasteiger partial charge in [0.25, 0.3) is 0 Å². The van der Waals surface area contributed by atoms with Gasteiger partial charge in [0.1, 0.15) is 29.9 Å². The van der Waals surface area contributed by atoms with Crippen LogP contribution in [0.5, 0.6) is 0 Å². The van der Waals surface area contributed by atoms with Gasteiger partial charge >= 0.3 is 25.3 Å². The van der Waals surface area contributed by atoms with E-state index in [1.54, 1.807) is 55.4 Å². The Morgan fingerprint density at radius 3 is 1.88 bits per heavy atom. The molecule has 0 aliphatic carbocycles. The van der Waals surface area contributed by atoms with E-state index in [1.807, 2.05) is 58.0 Å². The number of esters is 1. The van der Waals surface area contributed by atoms with Crippen LogP contribution in [0.1, 0.15) is 101 Å². The Labute approximate surface area is 287 Å². The van der Waals surface area contributed by atoms with E-state index in [-0.39, 0.29) is 19.1 Å². The fourth-order valence-corrected chi connectivity index (χ4v) is 4.95. The van der Waals surface area contributed by atoms with Gasteiger partial charge in [-0.25, -0.2) is 14.4 Å². The third-order valence-electron chi connectivity index (χ3n) is 8.09. The molecule has 1 fully saturated rings. The highest BCUT2D eigenvalue weighted by Gasteiger charge is 2.50. The summed E-state index contributed by atoms with van der Waals surface area (Å²) >= 11 is 0. The summed E-state index contributed by atoms with van der Waals surface area (Å²) in [7, 11) is -0.461. The van der Waals surface area contributed by atoms with Crippen LogP contribution >= 0.6 is 0 Å². The van der Waals surface area contributed by atoms with Crippen molar-refractivity contribution in [2.24, 2.45) is 11.8 Å². The number of hydrogen-bond acceptors (Lipinski definition) is 9. The molecule has 0 bridgehead atoms. The summed E-state index contributed by atoms with van der Waals surface area (Å²) < 4.78 is 28.9. The Balaban J connectivity index is 2.29. The fraction of sp³-hybridized carbons (Fsp3) is 0.714. The Kier molecular flexibility index (Phi) is 14.4. The molecule has 0 saturated carbocycles. The largest absolute Gasteiger partial charge is 0.458 e. The molecule has 1 saturated heterocycles. The summed E-state index contributed by atoms with van der Waals surface area (Å²) in [5, 5.41) is 8.26. The highest BCUT2D eigenvalue weighted by molar-refractivity contribution is 6.45. The lowest BCUT2D eigenvalue weighted by molar-refractivity contribution is -0.159. The average Bonchev–Trinajstić information content (AvgIpc) is 3.14. The quantitative estimate of drug-likeness (QED) is 0.127. The summed E-state index contributed by atoms with van der Waals surface area (Å²) in [5.74, 6) is -2.01. The van der Waals surface area contributed by atoms with Gasteiger partial charge in [-0.15, -0.1) is 0 Å². The molecule has 3 N–H and O–H groups in total. The van der Waals surface area contributed by atoms with E-state index >= 15 is 0 Å². The normalized spacial score (nSPS) is 17.6. The van der Waals surface area contributed by atoms with Crippen LogP contribution in [0.4, 0.5) is 9.59 Å². The third-order valence-corrected chi connectivity index (χ3v) is 8.09. The van der Waals surface area contributed by atoms with Crippen molar-refractivity contribution in [3.63, 3.8) is 0 Å². The molecule has 1 aromatic carbocycles. The lowest BCUT2D eigenvalue weighted by atomic mass is 9.80. The second-order valence-electron chi connectivity index (χ2n) is 15.7. The van der Waals surface area contributed by atoms with Crippen LogP contribution in [-0.4, -0.2) is 72.2 Å². The topological polar surface area (TPSA) is 151 Å². The van der Waals surface area contributed by atoms with Gasteiger partial charge in [0.15, 0.2) is 0 Å². The molecular formula is C35H58BN3O9. The number of carbonyl (C=O) groups is 4. The number of amides is 3. The zero-order valence-electron chi connectivity index (χ0n) is 31.0. The standard InChI is InChI=1S/C35H58BN3O9/c1-23(2)26(38-31(43)46-33(6,7)8)28(40)37-21-25(19-16-20-36-47-34(9,10)35(11,12)48-36)27(29(41)45-32(3,4)5)39-30(42)44-22-24-17-14-13-15-18-24/h13-15,17-18,23,25-27H,16,19-22H2,1-12H3,(H,37,40)(H,38,43)(H,39,42)/t25-,26-,27-/m0/s1. The molecule has 3 amide bonds. The van der Waals surface area contributed by atoms with Crippen molar-refractivity contribution >= 4 is 31.2 Å². The van der Waals surface area contributed by atoms with Gasteiger partial charge in [-0.2, -0.15) is 0 Å². The number of ether oxygens (including phenoxy) is 3. The van der Waals surface area contributed by atoms with Crippen molar-refractivity contribution in [2.45, 2.75) is 143 Å². The van der Waals surface area contributed by atoms with Crippen molar-refractivity contribution < 1.29 is 42.7 Å². The van der Waals surface area contributed by atoms with Crippen molar-refractivity contribution in [3.8, 4) is 0 Å². The maximum absolute atomic E-state index is 13.6. The molecule has 48 heavy (non-hydrogen) atoms. The summed E-state index contributed by atoms with van der Waals surface area (Å²) in [5.41, 5.74) is -1.81. The van der Waals surface area contributed by atoms with Crippen molar-refractivity contribution in [2.75, 3.05) is 6.54 Å². The molecular weight excluding hydrogens is 617 g/mol. The van der Waals surface area contributed by atoms with Crippen molar-refractivity contribution in [3.05, 3.63) is 35.9 Å². The van der Waals surface area contributed by atoms with Crippen LogP contribution in [0.25, 0.3) is 0 Å². The number of benzene rings is 1. The lowest BCUT2D eigenvalue weighted by Gasteiger charge is -2.32. The maximum Gasteiger partial charge on any atom is 0.457 e. The first-order valence-corrected chi connectivity index (χ1v) is 16.8. The first-order valence-electron chi connectivity index (χ1n) is 16.8. The Bertz CT molecular complexity index is 1210. The van der Waals surface area contributed by atoms with Crippen molar-refractivity contribution in [1.29, 1.82) is 0 Å². The molecule has 0 unspecified atom stereocenters. The number of nitrogens with one attached hydrogen (secondary N) is 3. The van der Waals surface area contributed by atoms with Crippen LogP contribution in [-0.2, 0) is 39.7 Å². The zero-order chi connectivity index (χ0) is 36.5. The Hall–Kier alpha value is -3.32. The summed E-state index contributed by atoms with van der Waals surface area (Å²) in [6, 6.07) is 7.10. The van der Waals surface area contributed by atoms with E-state index in [4.69, 9.17) is 23.5 Å². The van der Waals surface area contributed by atoms with Crippen LogP contribution in [0.2, 0.25) is 6.32 Å². The molecule has 13 heteroatoms. The summed E-state index contributed by atoms with van der Waals surface area (Å²) in [6.45, 7) is 21.9. The second kappa shape index (κ2) is 16.9. The molecule has 12 nitrogen and oxygen atoms in total. The van der Waals surface area contributed by atoms with Gasteiger partial charge in [-0.3, -0.25) is 4.79 Å². The number of hydrogen-bond donors (Lipinski definition) is 3. The van der Waals surface area contributed by atoms with Gasteiger partial charge in [-0.1, -0.05) is 50.6 Å². The predicted octanol–water partition coefficient (Wildman–Crippen LogP) is 5.78. The lowest BCUT2D eigenvalue weighted by Crippen LogP contribution is -2.54. The molecule has 270 valence electrons. The van der Waals surface area contributed by atoms with Crippen LogP contribution in [0, 0.1) is 11.8 Å². The average molecular weight is 676 g/mol. The Morgan fingerprint density at radius 2 is 1.35 bits per heavy atom. The second-order valence-corrected chi connectivity index (χ2v) is 15.7. The van der Waals surface area contributed by atoms with Gasteiger partial charge in [0, 0.05) is 12.5 Å². The van der Waals surface area contributed by atoms with E-state index in [9.17, 15) is 19.2 Å². The van der Waals surface area contributed by atoms with E-state index < -0.39 is 71.6 Å². The number of carbonyl (C=O) groups excluding carboxylic acids is 4. The first kappa shape index (κ1) is 40.9. The Morgan fingerprint density at radius 1 is 0.812 bits per heavy atom. The third kappa shape index (κ3) is 13.7. The minimum absolute atomic E-state index is 0.00342. The van der Waals surface area contributed by atoms with Crippen LogP contribution in [0.15, 0.2) is 30.3 Å². The summed E-state index contributed by atoms with van der Waals surface area (Å²) in [6.07, 6.45) is -0.0697. The van der Waals surface area contributed by atoms with Gasteiger partial charge in [-0.05, 0) is 93.5 Å². The molecule has 1 aliphatic heterocycles. The fourth-order valence-electron chi connectivity index (χ4n) is 4.95. The van der Waals surface area contributed by atoms with E-state index in [0.29, 0.717) is 19.2 Å². The number of alkyl carbamates (subject to hydrolysis) is 2. The van der Waals surface area contributed by atoms with Gasteiger partial charge < -0.3 is 39.5 Å². The first-order chi connectivity index (χ1) is 22.0. The predicted molar refractivity (Wildman–Crippen MR) is 184 cm³/mol. The minimum atomic E-state index is -1.16. The molecule has 0 radical (unpaired) electrons. The van der Waals surface area contributed by atoms with E-state index in [2.05, 4.69) is 16.0 Å². The monoisotopic (exact) mass is 675 g/mol. The molecule has 3 atom stereocenters. The van der Waals surface area contributed by atoms with Crippen molar-refractivity contribution in [1.82, 2.24) is 16.0 Å². The molecule has 0 spiro atoms. The zero-order valence-corrected chi connectivity index (χ0v) is 31.0. The van der Waals surface area contributed by atoms with Gasteiger partial charge in [0.2, 0.25) is 5.91 Å². The molecule has 1 aromatic rings. The van der Waals surface area contributed by atoms with E-state index in [0.717, 1.165) is 5.56 Å². The smallest absolute Gasteiger partial charge is 0.457 e.